The van der Waals surface area contributed by atoms with Crippen molar-refractivity contribution in [3.8, 4) is 0 Å². The Hall–Kier alpha value is -0.330. The molecule has 0 aromatic carbocycles. The molecular formula is C8H12BrNO3S. The minimum Gasteiger partial charge on any atom is -0.465 e. The number of furan rings is 1. The molecule has 0 radical (unpaired) electrons. The summed E-state index contributed by atoms with van der Waals surface area (Å²) in [6.45, 7) is 2.09. The Morgan fingerprint density at radius 3 is 2.57 bits per heavy atom. The lowest BCUT2D eigenvalue weighted by Gasteiger charge is -2.13. The third-order valence-corrected chi connectivity index (χ3v) is 4.88. The Morgan fingerprint density at radius 1 is 1.50 bits per heavy atom. The van der Waals surface area contributed by atoms with Crippen LogP contribution in [0.3, 0.4) is 0 Å². The summed E-state index contributed by atoms with van der Waals surface area (Å²) in [6.07, 6.45) is 0. The minimum atomic E-state index is -3.20. The Labute approximate surface area is 92.1 Å². The van der Waals surface area contributed by atoms with Crippen molar-refractivity contribution in [2.24, 2.45) is 0 Å². The number of hydrogen-bond acceptors (Lipinski definition) is 3. The van der Waals surface area contributed by atoms with Crippen molar-refractivity contribution in [1.29, 1.82) is 0 Å². The lowest BCUT2D eigenvalue weighted by molar-refractivity contribution is 0.399. The van der Waals surface area contributed by atoms with Gasteiger partial charge in [0.15, 0.2) is 0 Å². The standard InChI is InChI=1S/C8H12BrNO3S/c1-7-3-4-8(13-7)5-10(2)14(11,12)6-9/h3-4H,5-6H2,1-2H3. The minimum absolute atomic E-state index is 0.0732. The SMILES string of the molecule is Cc1ccc(CN(C)S(=O)(=O)CBr)o1. The van der Waals surface area contributed by atoms with Crippen molar-refractivity contribution in [1.82, 2.24) is 4.31 Å². The molecule has 1 aromatic rings. The largest absolute Gasteiger partial charge is 0.465 e. The van der Waals surface area contributed by atoms with Gasteiger partial charge in [0.2, 0.25) is 10.0 Å². The predicted octanol–water partition coefficient (Wildman–Crippen LogP) is 1.70. The van der Waals surface area contributed by atoms with Gasteiger partial charge in [-0.25, -0.2) is 8.42 Å². The quantitative estimate of drug-likeness (QED) is 0.790. The summed E-state index contributed by atoms with van der Waals surface area (Å²) < 4.78 is 29.1. The van der Waals surface area contributed by atoms with E-state index in [1.165, 1.54) is 11.4 Å². The maximum absolute atomic E-state index is 11.3. The summed E-state index contributed by atoms with van der Waals surface area (Å²) in [4.78, 5) is 0. The van der Waals surface area contributed by atoms with Crippen LogP contribution in [0.2, 0.25) is 0 Å². The highest BCUT2D eigenvalue weighted by Crippen LogP contribution is 2.11. The van der Waals surface area contributed by atoms with E-state index in [0.29, 0.717) is 5.76 Å². The van der Waals surface area contributed by atoms with Gasteiger partial charge in [-0.1, -0.05) is 15.9 Å². The van der Waals surface area contributed by atoms with Crippen molar-refractivity contribution in [3.05, 3.63) is 23.7 Å². The summed E-state index contributed by atoms with van der Waals surface area (Å²) in [5.74, 6) is 1.43. The van der Waals surface area contributed by atoms with E-state index in [2.05, 4.69) is 15.9 Å². The Kier molecular flexibility index (Phi) is 3.74. The van der Waals surface area contributed by atoms with Crippen molar-refractivity contribution < 1.29 is 12.8 Å². The molecule has 1 aromatic heterocycles. The second kappa shape index (κ2) is 4.46. The van der Waals surface area contributed by atoms with Gasteiger partial charge in [0.25, 0.3) is 0 Å². The van der Waals surface area contributed by atoms with Crippen molar-refractivity contribution in [2.75, 3.05) is 11.7 Å². The fraction of sp³-hybridized carbons (Fsp3) is 0.500. The molecule has 0 spiro atoms. The van der Waals surface area contributed by atoms with E-state index in [1.54, 1.807) is 6.07 Å². The zero-order valence-corrected chi connectivity index (χ0v) is 10.4. The van der Waals surface area contributed by atoms with Crippen LogP contribution in [0.1, 0.15) is 11.5 Å². The number of hydrogen-bond donors (Lipinski definition) is 0. The maximum atomic E-state index is 11.3. The summed E-state index contributed by atoms with van der Waals surface area (Å²) in [7, 11) is -1.67. The van der Waals surface area contributed by atoms with E-state index in [-0.39, 0.29) is 11.2 Å². The molecule has 0 saturated carbocycles. The molecule has 4 nitrogen and oxygen atoms in total. The highest BCUT2D eigenvalue weighted by molar-refractivity contribution is 9.10. The van der Waals surface area contributed by atoms with Crippen LogP contribution >= 0.6 is 15.9 Å². The molecule has 1 heterocycles. The number of aryl methyl sites for hydroxylation is 1. The van der Waals surface area contributed by atoms with E-state index in [0.717, 1.165) is 5.76 Å². The Bertz CT molecular complexity index is 398. The smallest absolute Gasteiger partial charge is 0.224 e. The molecule has 1 rings (SSSR count). The van der Waals surface area contributed by atoms with Crippen LogP contribution in [0.15, 0.2) is 16.5 Å². The van der Waals surface area contributed by atoms with Crippen LogP contribution in [0.5, 0.6) is 0 Å². The number of halogens is 1. The second-order valence-electron chi connectivity index (χ2n) is 2.99. The molecule has 0 unspecified atom stereocenters. The highest BCUT2D eigenvalue weighted by Gasteiger charge is 2.17. The average molecular weight is 282 g/mol. The summed E-state index contributed by atoms with van der Waals surface area (Å²) in [5, 5.41) is 0. The van der Waals surface area contributed by atoms with Gasteiger partial charge in [0.1, 0.15) is 16.2 Å². The van der Waals surface area contributed by atoms with E-state index >= 15 is 0 Å². The van der Waals surface area contributed by atoms with Gasteiger partial charge in [-0.3, -0.25) is 0 Å². The van der Waals surface area contributed by atoms with Gasteiger partial charge in [0, 0.05) is 7.05 Å². The molecule has 0 aliphatic carbocycles. The van der Waals surface area contributed by atoms with E-state index < -0.39 is 10.0 Å². The normalized spacial score (nSPS) is 12.3. The van der Waals surface area contributed by atoms with Gasteiger partial charge in [0.05, 0.1) is 6.54 Å². The molecule has 0 amide bonds. The maximum Gasteiger partial charge on any atom is 0.224 e. The van der Waals surface area contributed by atoms with Gasteiger partial charge in [-0.15, -0.1) is 0 Å². The van der Waals surface area contributed by atoms with Crippen LogP contribution in [-0.4, -0.2) is 24.4 Å². The van der Waals surface area contributed by atoms with Crippen molar-refractivity contribution >= 4 is 26.0 Å². The first kappa shape index (κ1) is 11.7. The monoisotopic (exact) mass is 281 g/mol. The molecule has 0 saturated heterocycles. The van der Waals surface area contributed by atoms with Gasteiger partial charge in [-0.05, 0) is 19.1 Å². The van der Waals surface area contributed by atoms with Crippen LogP contribution < -0.4 is 0 Å². The zero-order valence-electron chi connectivity index (χ0n) is 8.03. The van der Waals surface area contributed by atoms with Gasteiger partial charge >= 0.3 is 0 Å². The van der Waals surface area contributed by atoms with E-state index in [9.17, 15) is 8.42 Å². The molecule has 80 valence electrons. The number of rotatable bonds is 4. The third kappa shape index (κ3) is 2.83. The molecule has 0 atom stereocenters. The first-order valence-electron chi connectivity index (χ1n) is 4.01. The third-order valence-electron chi connectivity index (χ3n) is 1.79. The molecule has 0 fully saturated rings. The number of alkyl halides is 1. The molecule has 0 aliphatic heterocycles. The average Bonchev–Trinajstić information content (AvgIpc) is 2.51. The van der Waals surface area contributed by atoms with Gasteiger partial charge < -0.3 is 4.42 Å². The fourth-order valence-corrected chi connectivity index (χ4v) is 2.51. The predicted molar refractivity (Wildman–Crippen MR) is 57.6 cm³/mol. The van der Waals surface area contributed by atoms with Crippen LogP contribution in [-0.2, 0) is 16.6 Å². The van der Waals surface area contributed by atoms with Crippen molar-refractivity contribution in [3.63, 3.8) is 0 Å². The van der Waals surface area contributed by atoms with Gasteiger partial charge in [-0.2, -0.15) is 4.31 Å². The highest BCUT2D eigenvalue weighted by atomic mass is 79.9. The molecule has 14 heavy (non-hydrogen) atoms. The summed E-state index contributed by atoms with van der Waals surface area (Å²) >= 11 is 2.93. The first-order chi connectivity index (χ1) is 6.45. The molecule has 0 aliphatic rings. The molecular weight excluding hydrogens is 270 g/mol. The summed E-state index contributed by atoms with van der Waals surface area (Å²) in [5.41, 5.74) is 0. The zero-order chi connectivity index (χ0) is 10.8. The lowest BCUT2D eigenvalue weighted by Crippen LogP contribution is -2.26. The number of nitrogens with zero attached hydrogens (tertiary/aromatic N) is 1. The summed E-state index contributed by atoms with van der Waals surface area (Å²) in [6, 6.07) is 3.58. The topological polar surface area (TPSA) is 50.5 Å². The lowest BCUT2D eigenvalue weighted by atomic mass is 10.4. The van der Waals surface area contributed by atoms with E-state index in [4.69, 9.17) is 4.42 Å². The molecule has 0 N–H and O–H groups in total. The second-order valence-corrected chi connectivity index (χ2v) is 6.37. The van der Waals surface area contributed by atoms with Crippen LogP contribution in [0.25, 0.3) is 0 Å². The first-order valence-corrected chi connectivity index (χ1v) is 6.74. The molecule has 6 heteroatoms. The van der Waals surface area contributed by atoms with Crippen LogP contribution in [0, 0.1) is 6.92 Å². The van der Waals surface area contributed by atoms with Crippen molar-refractivity contribution in [2.45, 2.75) is 13.5 Å². The van der Waals surface area contributed by atoms with Crippen LogP contribution in [0.4, 0.5) is 0 Å². The van der Waals surface area contributed by atoms with E-state index in [1.807, 2.05) is 13.0 Å². The molecule has 0 bridgehead atoms. The number of sulfonamides is 1. The Balaban J connectivity index is 2.71. The fourth-order valence-electron chi connectivity index (χ4n) is 0.971. The Morgan fingerprint density at radius 2 is 2.14 bits per heavy atom.